The summed E-state index contributed by atoms with van der Waals surface area (Å²) in [5.74, 6) is 1.25. The highest BCUT2D eigenvalue weighted by atomic mass is 35.5. The molecule has 2 aromatic rings. The van der Waals surface area contributed by atoms with Gasteiger partial charge in [-0.15, -0.1) is 0 Å². The minimum absolute atomic E-state index is 0.115. The van der Waals surface area contributed by atoms with E-state index in [4.69, 9.17) is 21.1 Å². The molecule has 0 saturated heterocycles. The molecule has 0 fully saturated rings. The lowest BCUT2D eigenvalue weighted by Gasteiger charge is -2.09. The molecule has 0 aliphatic carbocycles. The summed E-state index contributed by atoms with van der Waals surface area (Å²) in [6, 6.07) is 14.4. The fourth-order valence-corrected chi connectivity index (χ4v) is 2.03. The number of carbonyl (C=O) groups excluding carboxylic acids is 1. The van der Waals surface area contributed by atoms with E-state index in [1.807, 2.05) is 31.2 Å². The molecule has 0 aliphatic heterocycles. The zero-order chi connectivity index (χ0) is 15.8. The van der Waals surface area contributed by atoms with Crippen molar-refractivity contribution in [1.29, 1.82) is 0 Å². The summed E-state index contributed by atoms with van der Waals surface area (Å²) in [5, 5.41) is 3.34. The smallest absolute Gasteiger partial charge is 0.227 e. The van der Waals surface area contributed by atoms with Gasteiger partial charge in [0.25, 0.3) is 0 Å². The maximum Gasteiger partial charge on any atom is 0.227 e. The Kier molecular flexibility index (Phi) is 6.10. The van der Waals surface area contributed by atoms with Crippen LogP contribution in [0.2, 0.25) is 5.02 Å². The van der Waals surface area contributed by atoms with E-state index >= 15 is 0 Å². The quantitative estimate of drug-likeness (QED) is 0.834. The van der Waals surface area contributed by atoms with Crippen LogP contribution in [0.5, 0.6) is 11.5 Å². The summed E-state index contributed by atoms with van der Waals surface area (Å²) < 4.78 is 10.8. The molecule has 0 saturated carbocycles. The third-order valence-electron chi connectivity index (χ3n) is 2.87. The molecule has 1 amide bonds. The Bertz CT molecular complexity index is 614. The molecule has 0 heterocycles. The van der Waals surface area contributed by atoms with Crippen LogP contribution >= 0.6 is 11.6 Å². The molecule has 2 rings (SSSR count). The topological polar surface area (TPSA) is 47.6 Å². The second-order valence-corrected chi connectivity index (χ2v) is 4.94. The monoisotopic (exact) mass is 319 g/mol. The minimum atomic E-state index is -0.115. The van der Waals surface area contributed by atoms with Gasteiger partial charge < -0.3 is 14.8 Å². The van der Waals surface area contributed by atoms with E-state index < -0.39 is 0 Å². The summed E-state index contributed by atoms with van der Waals surface area (Å²) >= 11 is 5.97. The van der Waals surface area contributed by atoms with Crippen molar-refractivity contribution in [3.8, 4) is 11.5 Å². The van der Waals surface area contributed by atoms with Crippen LogP contribution in [-0.4, -0.2) is 19.1 Å². The number of hydrogen-bond acceptors (Lipinski definition) is 3. The maximum atomic E-state index is 11.8. The second-order valence-electron chi connectivity index (χ2n) is 4.53. The van der Waals surface area contributed by atoms with E-state index in [9.17, 15) is 4.79 Å². The second kappa shape index (κ2) is 8.29. The number of nitrogens with one attached hydrogen (secondary N) is 1. The molecule has 0 aromatic heterocycles. The van der Waals surface area contributed by atoms with Crippen molar-refractivity contribution < 1.29 is 14.3 Å². The lowest BCUT2D eigenvalue weighted by molar-refractivity contribution is -0.116. The highest BCUT2D eigenvalue weighted by Gasteiger charge is 2.05. The standard InChI is InChI=1S/C17H18ClNO3/c1-2-21-14-9-7-13(8-10-14)19-17(20)11-12-22-16-6-4-3-5-15(16)18/h3-10H,2,11-12H2,1H3,(H,19,20). The SMILES string of the molecule is CCOc1ccc(NC(=O)CCOc2ccccc2Cl)cc1. The van der Waals surface area contributed by atoms with E-state index in [2.05, 4.69) is 5.32 Å². The molecule has 0 spiro atoms. The predicted molar refractivity (Wildman–Crippen MR) is 87.8 cm³/mol. The van der Waals surface area contributed by atoms with Gasteiger partial charge >= 0.3 is 0 Å². The van der Waals surface area contributed by atoms with Crippen molar-refractivity contribution in [2.24, 2.45) is 0 Å². The van der Waals surface area contributed by atoms with Crippen LogP contribution in [0, 0.1) is 0 Å². The molecule has 0 bridgehead atoms. The van der Waals surface area contributed by atoms with E-state index in [-0.39, 0.29) is 18.9 Å². The molecule has 0 radical (unpaired) electrons. The molecule has 22 heavy (non-hydrogen) atoms. The molecule has 116 valence electrons. The van der Waals surface area contributed by atoms with Crippen LogP contribution in [0.1, 0.15) is 13.3 Å². The zero-order valence-electron chi connectivity index (χ0n) is 12.3. The molecule has 1 N–H and O–H groups in total. The number of carbonyl (C=O) groups is 1. The van der Waals surface area contributed by atoms with Crippen LogP contribution in [-0.2, 0) is 4.79 Å². The Balaban J connectivity index is 1.77. The van der Waals surface area contributed by atoms with Crippen LogP contribution in [0.15, 0.2) is 48.5 Å². The Hall–Kier alpha value is -2.20. The Morgan fingerprint density at radius 3 is 2.50 bits per heavy atom. The summed E-state index contributed by atoms with van der Waals surface area (Å²) in [5.41, 5.74) is 0.728. The zero-order valence-corrected chi connectivity index (χ0v) is 13.1. The highest BCUT2D eigenvalue weighted by molar-refractivity contribution is 6.32. The fourth-order valence-electron chi connectivity index (χ4n) is 1.84. The van der Waals surface area contributed by atoms with Gasteiger partial charge in [0.05, 0.1) is 24.7 Å². The summed E-state index contributed by atoms with van der Waals surface area (Å²) in [6.45, 7) is 2.81. The average Bonchev–Trinajstić information content (AvgIpc) is 2.51. The van der Waals surface area contributed by atoms with Gasteiger partial charge in [-0.05, 0) is 43.3 Å². The summed E-state index contributed by atoms with van der Waals surface area (Å²) in [6.07, 6.45) is 0.248. The average molecular weight is 320 g/mol. The van der Waals surface area contributed by atoms with E-state index in [1.165, 1.54) is 0 Å². The fraction of sp³-hybridized carbons (Fsp3) is 0.235. The summed E-state index contributed by atoms with van der Waals surface area (Å²) in [4.78, 5) is 11.8. The number of hydrogen-bond donors (Lipinski definition) is 1. The normalized spacial score (nSPS) is 10.1. The third-order valence-corrected chi connectivity index (χ3v) is 3.18. The first-order valence-electron chi connectivity index (χ1n) is 7.09. The number of para-hydroxylation sites is 1. The summed E-state index contributed by atoms with van der Waals surface area (Å²) in [7, 11) is 0. The van der Waals surface area contributed by atoms with Crippen molar-refractivity contribution >= 4 is 23.2 Å². The van der Waals surface area contributed by atoms with Crippen LogP contribution in [0.25, 0.3) is 0 Å². The largest absolute Gasteiger partial charge is 0.494 e. The first kappa shape index (κ1) is 16.2. The van der Waals surface area contributed by atoms with Crippen LogP contribution in [0.4, 0.5) is 5.69 Å². The lowest BCUT2D eigenvalue weighted by atomic mass is 10.3. The van der Waals surface area contributed by atoms with Crippen LogP contribution < -0.4 is 14.8 Å². The number of anilines is 1. The van der Waals surface area contributed by atoms with Gasteiger partial charge in [0.1, 0.15) is 11.5 Å². The van der Waals surface area contributed by atoms with Crippen molar-refractivity contribution in [2.75, 3.05) is 18.5 Å². The number of ether oxygens (including phenoxy) is 2. The number of amides is 1. The van der Waals surface area contributed by atoms with Crippen molar-refractivity contribution in [3.05, 3.63) is 53.6 Å². The third kappa shape index (κ3) is 4.97. The highest BCUT2D eigenvalue weighted by Crippen LogP contribution is 2.23. The molecule has 0 aliphatic rings. The van der Waals surface area contributed by atoms with E-state index in [1.54, 1.807) is 24.3 Å². The van der Waals surface area contributed by atoms with Gasteiger partial charge in [-0.2, -0.15) is 0 Å². The Morgan fingerprint density at radius 2 is 1.82 bits per heavy atom. The molecular formula is C17H18ClNO3. The molecule has 4 nitrogen and oxygen atoms in total. The van der Waals surface area contributed by atoms with Crippen LogP contribution in [0.3, 0.4) is 0 Å². The molecular weight excluding hydrogens is 302 g/mol. The minimum Gasteiger partial charge on any atom is -0.494 e. The van der Waals surface area contributed by atoms with Gasteiger partial charge in [-0.3, -0.25) is 4.79 Å². The number of benzene rings is 2. The van der Waals surface area contributed by atoms with Gasteiger partial charge in [0.15, 0.2) is 0 Å². The first-order chi connectivity index (χ1) is 10.7. The predicted octanol–water partition coefficient (Wildman–Crippen LogP) is 4.15. The first-order valence-corrected chi connectivity index (χ1v) is 7.47. The number of halogens is 1. The Labute approximate surface area is 135 Å². The van der Waals surface area contributed by atoms with Crippen molar-refractivity contribution in [2.45, 2.75) is 13.3 Å². The molecule has 2 aromatic carbocycles. The Morgan fingerprint density at radius 1 is 1.09 bits per heavy atom. The molecule has 0 unspecified atom stereocenters. The van der Waals surface area contributed by atoms with Gasteiger partial charge in [0, 0.05) is 5.69 Å². The van der Waals surface area contributed by atoms with Gasteiger partial charge in [0.2, 0.25) is 5.91 Å². The maximum absolute atomic E-state index is 11.8. The van der Waals surface area contributed by atoms with E-state index in [0.29, 0.717) is 17.4 Å². The molecule has 5 heteroatoms. The molecule has 0 atom stereocenters. The van der Waals surface area contributed by atoms with Crippen molar-refractivity contribution in [1.82, 2.24) is 0 Å². The van der Waals surface area contributed by atoms with E-state index in [0.717, 1.165) is 11.4 Å². The van der Waals surface area contributed by atoms with Crippen molar-refractivity contribution in [3.63, 3.8) is 0 Å². The number of rotatable bonds is 7. The lowest BCUT2D eigenvalue weighted by Crippen LogP contribution is -2.15. The van der Waals surface area contributed by atoms with Gasteiger partial charge in [-0.25, -0.2) is 0 Å². The van der Waals surface area contributed by atoms with Gasteiger partial charge in [-0.1, -0.05) is 23.7 Å².